The lowest BCUT2D eigenvalue weighted by Gasteiger charge is -2.37. The van der Waals surface area contributed by atoms with E-state index in [9.17, 15) is 4.79 Å². The fourth-order valence-corrected chi connectivity index (χ4v) is 6.24. The number of aromatic nitrogens is 2. The Labute approximate surface area is 194 Å². The van der Waals surface area contributed by atoms with Crippen molar-refractivity contribution in [2.24, 2.45) is 11.3 Å². The molecule has 2 aromatic rings. The number of rotatable bonds is 6. The number of imidazole rings is 1. The Balaban J connectivity index is 1.50. The first-order chi connectivity index (χ1) is 15.4. The maximum absolute atomic E-state index is 13.2. The predicted molar refractivity (Wildman–Crippen MR) is 133 cm³/mol. The fourth-order valence-electron chi connectivity index (χ4n) is 6.24. The van der Waals surface area contributed by atoms with Crippen LogP contribution in [-0.2, 0) is 11.3 Å². The SMILES string of the molecule is CCN(C(=O)CCn1c(C2CCC(C(C)(C)C)CC2)nc2ccccc21)C1CCCCC1. The highest BCUT2D eigenvalue weighted by Gasteiger charge is 2.32. The molecule has 2 aliphatic rings. The quantitative estimate of drug-likeness (QED) is 0.491. The molecular weight excluding hydrogens is 394 g/mol. The van der Waals surface area contributed by atoms with Crippen molar-refractivity contribution >= 4 is 16.9 Å². The Morgan fingerprint density at radius 2 is 1.72 bits per heavy atom. The van der Waals surface area contributed by atoms with Crippen LogP contribution in [0.15, 0.2) is 24.3 Å². The van der Waals surface area contributed by atoms with E-state index in [1.165, 1.54) is 69.1 Å². The van der Waals surface area contributed by atoms with Crippen molar-refractivity contribution in [1.29, 1.82) is 0 Å². The van der Waals surface area contributed by atoms with Crippen molar-refractivity contribution in [3.63, 3.8) is 0 Å². The number of carbonyl (C=O) groups excluding carboxylic acids is 1. The Morgan fingerprint density at radius 3 is 2.38 bits per heavy atom. The minimum Gasteiger partial charge on any atom is -0.340 e. The van der Waals surface area contributed by atoms with Crippen LogP contribution < -0.4 is 0 Å². The van der Waals surface area contributed by atoms with Gasteiger partial charge >= 0.3 is 0 Å². The molecule has 2 fully saturated rings. The molecule has 0 aliphatic heterocycles. The Morgan fingerprint density at radius 1 is 1.03 bits per heavy atom. The molecule has 0 saturated heterocycles. The van der Waals surface area contributed by atoms with Gasteiger partial charge in [-0.15, -0.1) is 0 Å². The van der Waals surface area contributed by atoms with Crippen LogP contribution in [-0.4, -0.2) is 32.9 Å². The van der Waals surface area contributed by atoms with Gasteiger partial charge < -0.3 is 9.47 Å². The second kappa shape index (κ2) is 9.97. The first-order valence-electron chi connectivity index (χ1n) is 13.1. The Bertz CT molecular complexity index is 895. The third-order valence-electron chi connectivity index (χ3n) is 8.23. The van der Waals surface area contributed by atoms with Gasteiger partial charge in [-0.05, 0) is 68.9 Å². The molecule has 4 nitrogen and oxygen atoms in total. The van der Waals surface area contributed by atoms with Crippen molar-refractivity contribution in [2.75, 3.05) is 6.54 Å². The van der Waals surface area contributed by atoms with Crippen LogP contribution in [0.3, 0.4) is 0 Å². The number of fused-ring (bicyclic) bond motifs is 1. The standard InChI is InChI=1S/C28H43N3O/c1-5-30(23-11-7-6-8-12-23)26(32)19-20-31-25-14-10-9-13-24(25)29-27(31)21-15-17-22(18-16-21)28(2,3)4/h9-10,13-14,21-23H,5-8,11-12,15-20H2,1-4H3. The van der Waals surface area contributed by atoms with E-state index in [4.69, 9.17) is 4.98 Å². The zero-order chi connectivity index (χ0) is 22.7. The second-order valence-corrected chi connectivity index (χ2v) is 11.2. The molecule has 1 aromatic carbocycles. The highest BCUT2D eigenvalue weighted by atomic mass is 16.2. The Hall–Kier alpha value is -1.84. The normalized spacial score (nSPS) is 22.9. The number of para-hydroxylation sites is 2. The number of amides is 1. The summed E-state index contributed by atoms with van der Waals surface area (Å²) in [6, 6.07) is 8.93. The van der Waals surface area contributed by atoms with Crippen LogP contribution in [0.4, 0.5) is 0 Å². The molecule has 0 spiro atoms. The summed E-state index contributed by atoms with van der Waals surface area (Å²) in [7, 11) is 0. The van der Waals surface area contributed by atoms with Crippen LogP contribution in [0.2, 0.25) is 0 Å². The number of benzene rings is 1. The highest BCUT2D eigenvalue weighted by molar-refractivity contribution is 5.78. The largest absolute Gasteiger partial charge is 0.340 e. The zero-order valence-electron chi connectivity index (χ0n) is 20.8. The third kappa shape index (κ3) is 5.05. The zero-order valence-corrected chi connectivity index (χ0v) is 20.8. The van der Waals surface area contributed by atoms with Gasteiger partial charge in [-0.2, -0.15) is 0 Å². The molecule has 176 valence electrons. The van der Waals surface area contributed by atoms with Gasteiger partial charge in [0.2, 0.25) is 5.91 Å². The number of hydrogen-bond acceptors (Lipinski definition) is 2. The van der Waals surface area contributed by atoms with E-state index in [1.807, 2.05) is 0 Å². The predicted octanol–water partition coefficient (Wildman–Crippen LogP) is 6.93. The lowest BCUT2D eigenvalue weighted by atomic mass is 9.69. The topological polar surface area (TPSA) is 38.1 Å². The molecule has 2 saturated carbocycles. The second-order valence-electron chi connectivity index (χ2n) is 11.2. The van der Waals surface area contributed by atoms with Crippen LogP contribution in [0.1, 0.15) is 104 Å². The maximum Gasteiger partial charge on any atom is 0.224 e. The van der Waals surface area contributed by atoms with Gasteiger partial charge in [0.1, 0.15) is 5.82 Å². The fraction of sp³-hybridized carbons (Fsp3) is 0.714. The minimum absolute atomic E-state index is 0.319. The number of aryl methyl sites for hydroxylation is 1. The summed E-state index contributed by atoms with van der Waals surface area (Å²) in [5.74, 6) is 2.84. The van der Waals surface area contributed by atoms with Crippen molar-refractivity contribution < 1.29 is 4.79 Å². The van der Waals surface area contributed by atoms with E-state index >= 15 is 0 Å². The summed E-state index contributed by atoms with van der Waals surface area (Å²) in [4.78, 5) is 20.5. The molecule has 0 unspecified atom stereocenters. The van der Waals surface area contributed by atoms with Crippen molar-refractivity contribution in [1.82, 2.24) is 14.5 Å². The molecule has 0 bridgehead atoms. The Kier molecular flexibility index (Phi) is 7.27. The summed E-state index contributed by atoms with van der Waals surface area (Å²) in [5.41, 5.74) is 2.65. The third-order valence-corrected chi connectivity index (χ3v) is 8.23. The van der Waals surface area contributed by atoms with Crippen LogP contribution >= 0.6 is 0 Å². The molecular formula is C28H43N3O. The molecule has 4 rings (SSSR count). The lowest BCUT2D eigenvalue weighted by Crippen LogP contribution is -2.41. The van der Waals surface area contributed by atoms with Gasteiger partial charge in [0.25, 0.3) is 0 Å². The molecule has 2 aliphatic carbocycles. The van der Waals surface area contributed by atoms with Crippen molar-refractivity contribution in [3.8, 4) is 0 Å². The van der Waals surface area contributed by atoms with E-state index in [1.54, 1.807) is 0 Å². The molecule has 1 amide bonds. The molecule has 0 N–H and O–H groups in total. The van der Waals surface area contributed by atoms with Gasteiger partial charge in [0.05, 0.1) is 11.0 Å². The summed E-state index contributed by atoms with van der Waals surface area (Å²) in [6.45, 7) is 10.9. The summed E-state index contributed by atoms with van der Waals surface area (Å²) in [6.07, 6.45) is 11.8. The van der Waals surface area contributed by atoms with E-state index in [0.717, 1.165) is 24.5 Å². The lowest BCUT2D eigenvalue weighted by molar-refractivity contribution is -0.134. The van der Waals surface area contributed by atoms with Crippen LogP contribution in [0.5, 0.6) is 0 Å². The number of carbonyl (C=O) groups is 1. The minimum atomic E-state index is 0.319. The molecule has 1 heterocycles. The highest BCUT2D eigenvalue weighted by Crippen LogP contribution is 2.43. The van der Waals surface area contributed by atoms with Gasteiger partial charge in [-0.3, -0.25) is 4.79 Å². The van der Waals surface area contributed by atoms with E-state index in [0.29, 0.717) is 29.7 Å². The monoisotopic (exact) mass is 437 g/mol. The first kappa shape index (κ1) is 23.3. The van der Waals surface area contributed by atoms with Crippen LogP contribution in [0, 0.1) is 11.3 Å². The number of nitrogens with zero attached hydrogens (tertiary/aromatic N) is 3. The van der Waals surface area contributed by atoms with E-state index in [2.05, 4.69) is 61.4 Å². The summed E-state index contributed by atoms with van der Waals surface area (Å²) >= 11 is 0. The maximum atomic E-state index is 13.2. The van der Waals surface area contributed by atoms with Crippen LogP contribution in [0.25, 0.3) is 11.0 Å². The molecule has 4 heteroatoms. The average molecular weight is 438 g/mol. The summed E-state index contributed by atoms with van der Waals surface area (Å²) < 4.78 is 2.38. The van der Waals surface area contributed by atoms with Crippen molar-refractivity contribution in [2.45, 2.75) is 110 Å². The molecule has 1 aromatic heterocycles. The summed E-state index contributed by atoms with van der Waals surface area (Å²) in [5, 5.41) is 0. The molecule has 32 heavy (non-hydrogen) atoms. The molecule has 0 atom stereocenters. The van der Waals surface area contributed by atoms with Gasteiger partial charge in [0.15, 0.2) is 0 Å². The van der Waals surface area contributed by atoms with Gasteiger partial charge in [-0.25, -0.2) is 4.98 Å². The van der Waals surface area contributed by atoms with E-state index < -0.39 is 0 Å². The van der Waals surface area contributed by atoms with Gasteiger partial charge in [0, 0.05) is 31.5 Å². The van der Waals surface area contributed by atoms with E-state index in [-0.39, 0.29) is 0 Å². The van der Waals surface area contributed by atoms with Gasteiger partial charge in [-0.1, -0.05) is 52.2 Å². The first-order valence-corrected chi connectivity index (χ1v) is 13.1. The average Bonchev–Trinajstić information content (AvgIpc) is 3.17. The number of hydrogen-bond donors (Lipinski definition) is 0. The van der Waals surface area contributed by atoms with Crippen molar-refractivity contribution in [3.05, 3.63) is 30.1 Å². The molecule has 0 radical (unpaired) electrons. The smallest absolute Gasteiger partial charge is 0.224 e.